The lowest BCUT2D eigenvalue weighted by Gasteiger charge is -2.56. The Morgan fingerprint density at radius 2 is 1.63 bits per heavy atom. The average molecular weight is 479 g/mol. The number of amides is 2. The zero-order valence-electron chi connectivity index (χ0n) is 20.9. The van der Waals surface area contributed by atoms with Gasteiger partial charge in [-0.3, -0.25) is 9.59 Å². The number of carbonyl (C=O) groups excluding carboxylic acids is 2. The molecule has 0 spiro atoms. The van der Waals surface area contributed by atoms with Gasteiger partial charge in [-0.25, -0.2) is 0 Å². The van der Waals surface area contributed by atoms with Crippen molar-refractivity contribution >= 4 is 11.8 Å². The molecular formula is C29H38N2O4. The molecular weight excluding hydrogens is 440 g/mol. The Bertz CT molecular complexity index is 952. The number of benzene rings is 1. The molecule has 35 heavy (non-hydrogen) atoms. The van der Waals surface area contributed by atoms with Gasteiger partial charge in [-0.05, 0) is 80.4 Å². The second-order valence-corrected chi connectivity index (χ2v) is 11.1. The molecule has 0 radical (unpaired) electrons. The van der Waals surface area contributed by atoms with E-state index in [4.69, 9.17) is 9.15 Å². The molecule has 4 aliphatic carbocycles. The number of hydrogen-bond acceptors (Lipinski definition) is 4. The van der Waals surface area contributed by atoms with Crippen LogP contribution in [0.1, 0.15) is 56.3 Å². The largest absolute Gasteiger partial charge is 0.467 e. The molecule has 4 aliphatic rings. The molecule has 6 rings (SSSR count). The molecule has 188 valence electrons. The number of methoxy groups -OCH3 is 1. The molecule has 0 N–H and O–H groups in total. The van der Waals surface area contributed by atoms with E-state index in [-0.39, 0.29) is 23.8 Å². The fraction of sp³-hybridized carbons (Fsp3) is 0.586. The lowest BCUT2D eigenvalue weighted by atomic mass is 9.49. The third-order valence-corrected chi connectivity index (χ3v) is 8.38. The number of ether oxygens (including phenoxy) is 1. The second kappa shape index (κ2) is 10.6. The number of nitrogens with zero attached hydrogens (tertiary/aromatic N) is 2. The van der Waals surface area contributed by atoms with Crippen molar-refractivity contribution < 1.29 is 18.7 Å². The molecule has 2 aromatic rings. The van der Waals surface area contributed by atoms with Gasteiger partial charge in [-0.2, -0.15) is 0 Å². The summed E-state index contributed by atoms with van der Waals surface area (Å²) in [5.41, 5.74) is 0.804. The predicted molar refractivity (Wildman–Crippen MR) is 133 cm³/mol. The topological polar surface area (TPSA) is 63.0 Å². The number of hydrogen-bond donors (Lipinski definition) is 0. The third-order valence-electron chi connectivity index (χ3n) is 8.38. The van der Waals surface area contributed by atoms with Crippen molar-refractivity contribution in [2.24, 2.45) is 23.2 Å². The summed E-state index contributed by atoms with van der Waals surface area (Å²) in [6.45, 7) is 2.12. The summed E-state index contributed by atoms with van der Waals surface area (Å²) in [4.78, 5) is 31.5. The SMILES string of the molecule is COCCCN(CC(=O)N(Cc1ccccc1)Cc1ccco1)C(=O)C12CC3CC(CC(C3)C1)C2. The summed E-state index contributed by atoms with van der Waals surface area (Å²) in [5, 5.41) is 0. The summed E-state index contributed by atoms with van der Waals surface area (Å²) in [7, 11) is 1.68. The van der Waals surface area contributed by atoms with Gasteiger partial charge in [0.2, 0.25) is 11.8 Å². The molecule has 0 atom stereocenters. The Morgan fingerprint density at radius 1 is 0.943 bits per heavy atom. The van der Waals surface area contributed by atoms with E-state index in [1.165, 1.54) is 19.3 Å². The van der Waals surface area contributed by atoms with Crippen LogP contribution in [0.15, 0.2) is 53.1 Å². The zero-order chi connectivity index (χ0) is 24.3. The van der Waals surface area contributed by atoms with Gasteiger partial charge in [-0.1, -0.05) is 30.3 Å². The standard InChI is InChI=1S/C29H38N2O4/c1-34-11-6-10-30(28(33)29-16-23-13-24(17-29)15-25(14-23)18-29)21-27(32)31(20-26-9-5-12-35-26)19-22-7-3-2-4-8-22/h2-5,7-9,12,23-25H,6,10-11,13-21H2,1H3. The number of rotatable bonds is 11. The van der Waals surface area contributed by atoms with Crippen LogP contribution >= 0.6 is 0 Å². The van der Waals surface area contributed by atoms with E-state index in [2.05, 4.69) is 0 Å². The minimum atomic E-state index is -0.257. The first-order chi connectivity index (χ1) is 17.0. The maximum absolute atomic E-state index is 14.1. The minimum Gasteiger partial charge on any atom is -0.467 e. The monoisotopic (exact) mass is 478 g/mol. The Hall–Kier alpha value is -2.60. The Kier molecular flexibility index (Phi) is 7.28. The second-order valence-electron chi connectivity index (χ2n) is 11.1. The molecule has 0 unspecified atom stereocenters. The number of furan rings is 1. The molecule has 1 aromatic heterocycles. The molecule has 4 saturated carbocycles. The molecule has 1 aromatic carbocycles. The van der Waals surface area contributed by atoms with Crippen molar-refractivity contribution in [3.05, 3.63) is 60.1 Å². The molecule has 6 heteroatoms. The molecule has 4 bridgehead atoms. The van der Waals surface area contributed by atoms with Crippen LogP contribution in [0.5, 0.6) is 0 Å². The van der Waals surface area contributed by atoms with Crippen molar-refractivity contribution in [2.45, 2.75) is 58.0 Å². The van der Waals surface area contributed by atoms with Gasteiger partial charge in [0.05, 0.1) is 24.8 Å². The van der Waals surface area contributed by atoms with Gasteiger partial charge in [0.25, 0.3) is 0 Å². The fourth-order valence-electron chi connectivity index (χ4n) is 7.25. The Labute approximate surface area is 208 Å². The Morgan fingerprint density at radius 3 is 2.23 bits per heavy atom. The summed E-state index contributed by atoms with van der Waals surface area (Å²) in [6.07, 6.45) is 9.27. The molecule has 4 fully saturated rings. The van der Waals surface area contributed by atoms with Crippen molar-refractivity contribution in [3.8, 4) is 0 Å². The first kappa shape index (κ1) is 24.1. The highest BCUT2D eigenvalue weighted by atomic mass is 16.5. The molecule has 2 amide bonds. The van der Waals surface area contributed by atoms with E-state index in [0.717, 1.165) is 37.0 Å². The van der Waals surface area contributed by atoms with Gasteiger partial charge in [-0.15, -0.1) is 0 Å². The van der Waals surface area contributed by atoms with Gasteiger partial charge >= 0.3 is 0 Å². The van der Waals surface area contributed by atoms with Crippen LogP contribution in [-0.2, 0) is 27.4 Å². The molecule has 0 saturated heterocycles. The predicted octanol–water partition coefficient (Wildman–Crippen LogP) is 4.89. The fourth-order valence-corrected chi connectivity index (χ4v) is 7.25. The highest BCUT2D eigenvalue weighted by Crippen LogP contribution is 2.60. The van der Waals surface area contributed by atoms with Gasteiger partial charge in [0, 0.05) is 26.8 Å². The van der Waals surface area contributed by atoms with Gasteiger partial charge in [0.1, 0.15) is 5.76 Å². The van der Waals surface area contributed by atoms with Crippen LogP contribution in [0.3, 0.4) is 0 Å². The van der Waals surface area contributed by atoms with Crippen LogP contribution in [0.2, 0.25) is 0 Å². The lowest BCUT2D eigenvalue weighted by Crippen LogP contribution is -2.56. The molecule has 1 heterocycles. The summed E-state index contributed by atoms with van der Waals surface area (Å²) in [5.74, 6) is 2.98. The van der Waals surface area contributed by atoms with Gasteiger partial charge in [0.15, 0.2) is 0 Å². The van der Waals surface area contributed by atoms with E-state index in [1.54, 1.807) is 13.4 Å². The quantitative estimate of drug-likeness (QED) is 0.432. The normalized spacial score (nSPS) is 26.6. The maximum Gasteiger partial charge on any atom is 0.242 e. The molecule has 6 nitrogen and oxygen atoms in total. The van der Waals surface area contributed by atoms with E-state index in [9.17, 15) is 9.59 Å². The maximum atomic E-state index is 14.1. The van der Waals surface area contributed by atoms with Crippen LogP contribution in [0, 0.1) is 23.2 Å². The van der Waals surface area contributed by atoms with Crippen LogP contribution < -0.4 is 0 Å². The van der Waals surface area contributed by atoms with Crippen molar-refractivity contribution in [3.63, 3.8) is 0 Å². The van der Waals surface area contributed by atoms with Crippen LogP contribution in [0.25, 0.3) is 0 Å². The average Bonchev–Trinajstić information content (AvgIpc) is 3.36. The molecule has 0 aliphatic heterocycles. The van der Waals surface area contributed by atoms with E-state index >= 15 is 0 Å². The first-order valence-electron chi connectivity index (χ1n) is 13.2. The first-order valence-corrected chi connectivity index (χ1v) is 13.2. The lowest BCUT2D eigenvalue weighted by molar-refractivity contribution is -0.160. The summed E-state index contributed by atoms with van der Waals surface area (Å²) >= 11 is 0. The zero-order valence-corrected chi connectivity index (χ0v) is 20.9. The van der Waals surface area contributed by atoms with E-state index < -0.39 is 0 Å². The summed E-state index contributed by atoms with van der Waals surface area (Å²) in [6, 6.07) is 13.7. The van der Waals surface area contributed by atoms with Crippen molar-refractivity contribution in [1.82, 2.24) is 9.80 Å². The highest BCUT2D eigenvalue weighted by molar-refractivity contribution is 5.88. The number of carbonyl (C=O) groups is 2. The van der Waals surface area contributed by atoms with E-state index in [0.29, 0.717) is 44.0 Å². The third kappa shape index (κ3) is 5.48. The van der Waals surface area contributed by atoms with Crippen molar-refractivity contribution in [2.75, 3.05) is 26.8 Å². The Balaban J connectivity index is 1.34. The highest BCUT2D eigenvalue weighted by Gasteiger charge is 2.55. The minimum absolute atomic E-state index is 0.0410. The summed E-state index contributed by atoms with van der Waals surface area (Å²) < 4.78 is 10.8. The van der Waals surface area contributed by atoms with Crippen molar-refractivity contribution in [1.29, 1.82) is 0 Å². The van der Waals surface area contributed by atoms with Crippen LogP contribution in [-0.4, -0.2) is 48.4 Å². The smallest absolute Gasteiger partial charge is 0.242 e. The van der Waals surface area contributed by atoms with Crippen LogP contribution in [0.4, 0.5) is 0 Å². The van der Waals surface area contributed by atoms with Gasteiger partial charge < -0.3 is 19.0 Å². The van der Waals surface area contributed by atoms with E-state index in [1.807, 2.05) is 52.3 Å².